The molecule has 0 aliphatic heterocycles. The third-order valence-corrected chi connectivity index (χ3v) is 4.25. The lowest BCUT2D eigenvalue weighted by molar-refractivity contribution is 0.0669. The highest BCUT2D eigenvalue weighted by Gasteiger charge is 2.21. The van der Waals surface area contributed by atoms with E-state index in [1.807, 2.05) is 12.1 Å². The Morgan fingerprint density at radius 3 is 3.00 bits per heavy atom. The number of methoxy groups -OCH3 is 1. The second-order valence-corrected chi connectivity index (χ2v) is 6.14. The SMILES string of the molecule is COC1CCCC(Nc2cc(I)ccc2Cl)C1. The molecular weight excluding hydrogens is 349 g/mol. The van der Waals surface area contributed by atoms with Gasteiger partial charge in [0.15, 0.2) is 0 Å². The molecule has 0 bridgehead atoms. The maximum absolute atomic E-state index is 6.19. The number of halogens is 2. The fourth-order valence-electron chi connectivity index (χ4n) is 2.32. The summed E-state index contributed by atoms with van der Waals surface area (Å²) in [7, 11) is 1.80. The number of nitrogens with one attached hydrogen (secondary N) is 1. The van der Waals surface area contributed by atoms with Gasteiger partial charge in [-0.3, -0.25) is 0 Å². The topological polar surface area (TPSA) is 21.3 Å². The monoisotopic (exact) mass is 365 g/mol. The fourth-order valence-corrected chi connectivity index (χ4v) is 2.98. The van der Waals surface area contributed by atoms with Crippen molar-refractivity contribution in [3.8, 4) is 0 Å². The molecule has 94 valence electrons. The Labute approximate surface area is 121 Å². The van der Waals surface area contributed by atoms with E-state index < -0.39 is 0 Å². The lowest BCUT2D eigenvalue weighted by Crippen LogP contribution is -2.31. The Hall–Kier alpha value is -0.0000000000000000555. The Morgan fingerprint density at radius 1 is 1.41 bits per heavy atom. The van der Waals surface area contributed by atoms with Gasteiger partial charge in [-0.25, -0.2) is 0 Å². The molecule has 2 unspecified atom stereocenters. The summed E-state index contributed by atoms with van der Waals surface area (Å²) in [4.78, 5) is 0. The Morgan fingerprint density at radius 2 is 2.24 bits per heavy atom. The standard InChI is InChI=1S/C13H17ClINO/c1-17-11-4-2-3-10(8-11)16-13-7-9(15)5-6-12(13)14/h5-7,10-11,16H,2-4,8H2,1H3. The predicted molar refractivity (Wildman–Crippen MR) is 80.8 cm³/mol. The van der Waals surface area contributed by atoms with E-state index in [0.29, 0.717) is 12.1 Å². The van der Waals surface area contributed by atoms with E-state index in [4.69, 9.17) is 16.3 Å². The molecule has 2 nitrogen and oxygen atoms in total. The van der Waals surface area contributed by atoms with Gasteiger partial charge in [0.2, 0.25) is 0 Å². The van der Waals surface area contributed by atoms with Gasteiger partial charge in [-0.2, -0.15) is 0 Å². The van der Waals surface area contributed by atoms with Crippen LogP contribution >= 0.6 is 34.2 Å². The normalized spacial score (nSPS) is 24.6. The van der Waals surface area contributed by atoms with Gasteiger partial charge in [0.05, 0.1) is 16.8 Å². The van der Waals surface area contributed by atoms with Gasteiger partial charge in [-0.1, -0.05) is 11.6 Å². The van der Waals surface area contributed by atoms with Crippen LogP contribution in [0, 0.1) is 3.57 Å². The molecule has 1 aromatic carbocycles. The minimum Gasteiger partial charge on any atom is -0.381 e. The van der Waals surface area contributed by atoms with Crippen LogP contribution in [0.2, 0.25) is 5.02 Å². The summed E-state index contributed by atoms with van der Waals surface area (Å²) in [6.07, 6.45) is 5.05. The summed E-state index contributed by atoms with van der Waals surface area (Å²) < 4.78 is 6.64. The Bertz CT molecular complexity index is 386. The molecule has 0 aromatic heterocycles. The lowest BCUT2D eigenvalue weighted by atomic mass is 9.92. The second kappa shape index (κ2) is 6.25. The zero-order valence-corrected chi connectivity index (χ0v) is 12.8. The molecule has 1 saturated carbocycles. The van der Waals surface area contributed by atoms with Crippen molar-refractivity contribution in [2.24, 2.45) is 0 Å². The van der Waals surface area contributed by atoms with E-state index in [2.05, 4.69) is 34.0 Å². The van der Waals surface area contributed by atoms with Crippen molar-refractivity contribution in [2.45, 2.75) is 37.8 Å². The van der Waals surface area contributed by atoms with Crippen LogP contribution in [0.15, 0.2) is 18.2 Å². The van der Waals surface area contributed by atoms with E-state index in [0.717, 1.165) is 17.1 Å². The Kier molecular flexibility index (Phi) is 4.94. The molecule has 2 rings (SSSR count). The number of hydrogen-bond donors (Lipinski definition) is 1. The average Bonchev–Trinajstić information content (AvgIpc) is 2.34. The molecule has 0 spiro atoms. The van der Waals surface area contributed by atoms with E-state index in [-0.39, 0.29) is 0 Å². The van der Waals surface area contributed by atoms with Gasteiger partial charge >= 0.3 is 0 Å². The zero-order chi connectivity index (χ0) is 12.3. The molecule has 1 aliphatic carbocycles. The van der Waals surface area contributed by atoms with Crippen LogP contribution in [0.1, 0.15) is 25.7 Å². The molecular formula is C13H17ClINO. The first-order valence-electron chi connectivity index (χ1n) is 5.93. The van der Waals surface area contributed by atoms with Crippen LogP contribution in [0.3, 0.4) is 0 Å². The van der Waals surface area contributed by atoms with Crippen LogP contribution in [0.5, 0.6) is 0 Å². The van der Waals surface area contributed by atoms with Gasteiger partial charge < -0.3 is 10.1 Å². The van der Waals surface area contributed by atoms with Gasteiger partial charge in [0, 0.05) is 16.7 Å². The van der Waals surface area contributed by atoms with Crippen molar-refractivity contribution in [1.82, 2.24) is 0 Å². The number of ether oxygens (including phenoxy) is 1. The second-order valence-electron chi connectivity index (χ2n) is 4.49. The fraction of sp³-hybridized carbons (Fsp3) is 0.538. The molecule has 2 atom stereocenters. The number of benzene rings is 1. The molecule has 1 N–H and O–H groups in total. The average molecular weight is 366 g/mol. The highest BCUT2D eigenvalue weighted by Crippen LogP contribution is 2.28. The molecule has 1 aromatic rings. The van der Waals surface area contributed by atoms with Crippen molar-refractivity contribution in [1.29, 1.82) is 0 Å². The summed E-state index contributed by atoms with van der Waals surface area (Å²) in [5, 5.41) is 4.33. The van der Waals surface area contributed by atoms with Crippen LogP contribution in [0.25, 0.3) is 0 Å². The third-order valence-electron chi connectivity index (χ3n) is 3.25. The summed E-state index contributed by atoms with van der Waals surface area (Å²) in [6.45, 7) is 0. The van der Waals surface area contributed by atoms with Crippen molar-refractivity contribution in [3.05, 3.63) is 26.8 Å². The van der Waals surface area contributed by atoms with Gasteiger partial charge in [-0.15, -0.1) is 0 Å². The van der Waals surface area contributed by atoms with Crippen LogP contribution in [-0.4, -0.2) is 19.3 Å². The van der Waals surface area contributed by atoms with E-state index in [9.17, 15) is 0 Å². The highest BCUT2D eigenvalue weighted by atomic mass is 127. The first-order chi connectivity index (χ1) is 8.19. The maximum Gasteiger partial charge on any atom is 0.0638 e. The van der Waals surface area contributed by atoms with Crippen molar-refractivity contribution in [3.63, 3.8) is 0 Å². The largest absolute Gasteiger partial charge is 0.381 e. The molecule has 0 saturated heterocycles. The Balaban J connectivity index is 2.02. The van der Waals surface area contributed by atoms with E-state index in [1.54, 1.807) is 7.11 Å². The highest BCUT2D eigenvalue weighted by molar-refractivity contribution is 14.1. The van der Waals surface area contributed by atoms with Gasteiger partial charge in [0.25, 0.3) is 0 Å². The first kappa shape index (κ1) is 13.4. The van der Waals surface area contributed by atoms with Crippen LogP contribution in [0.4, 0.5) is 5.69 Å². The molecule has 0 heterocycles. The summed E-state index contributed by atoms with van der Waals surface area (Å²) in [6, 6.07) is 6.54. The zero-order valence-electron chi connectivity index (χ0n) is 9.88. The van der Waals surface area contributed by atoms with Crippen molar-refractivity contribution >= 4 is 39.9 Å². The first-order valence-corrected chi connectivity index (χ1v) is 7.39. The lowest BCUT2D eigenvalue weighted by Gasteiger charge is -2.29. The van der Waals surface area contributed by atoms with Crippen molar-refractivity contribution < 1.29 is 4.74 Å². The number of hydrogen-bond acceptors (Lipinski definition) is 2. The molecule has 0 radical (unpaired) electrons. The number of rotatable bonds is 3. The molecule has 4 heteroatoms. The maximum atomic E-state index is 6.19. The molecule has 17 heavy (non-hydrogen) atoms. The smallest absolute Gasteiger partial charge is 0.0638 e. The summed E-state index contributed by atoms with van der Waals surface area (Å²) in [5.74, 6) is 0. The minimum atomic E-state index is 0.391. The molecule has 1 aliphatic rings. The van der Waals surface area contributed by atoms with E-state index in [1.165, 1.54) is 22.8 Å². The summed E-state index contributed by atoms with van der Waals surface area (Å²) in [5.41, 5.74) is 1.04. The number of anilines is 1. The predicted octanol–water partition coefficient (Wildman–Crippen LogP) is 4.31. The van der Waals surface area contributed by atoms with Crippen LogP contribution in [-0.2, 0) is 4.74 Å². The van der Waals surface area contributed by atoms with Crippen LogP contribution < -0.4 is 5.32 Å². The van der Waals surface area contributed by atoms with Gasteiger partial charge in [0.1, 0.15) is 0 Å². The van der Waals surface area contributed by atoms with E-state index >= 15 is 0 Å². The molecule has 1 fully saturated rings. The molecule has 0 amide bonds. The van der Waals surface area contributed by atoms with Crippen molar-refractivity contribution in [2.75, 3.05) is 12.4 Å². The quantitative estimate of drug-likeness (QED) is 0.806. The minimum absolute atomic E-state index is 0.391. The summed E-state index contributed by atoms with van der Waals surface area (Å²) >= 11 is 8.49. The van der Waals surface area contributed by atoms with Gasteiger partial charge in [-0.05, 0) is 66.5 Å². The third kappa shape index (κ3) is 3.73.